The molecule has 0 aromatic carbocycles. The Morgan fingerprint density at radius 1 is 1.77 bits per heavy atom. The predicted octanol–water partition coefficient (Wildman–Crippen LogP) is 2.04. The van der Waals surface area contributed by atoms with Crippen LogP contribution in [0.1, 0.15) is 16.8 Å². The van der Waals surface area contributed by atoms with E-state index in [9.17, 15) is 4.79 Å². The van der Waals surface area contributed by atoms with Crippen molar-refractivity contribution in [3.8, 4) is 12.3 Å². The molecule has 13 heavy (non-hydrogen) atoms. The van der Waals surface area contributed by atoms with Crippen LogP contribution >= 0.6 is 27.3 Å². The lowest BCUT2D eigenvalue weighted by atomic mass is 10.1. The number of ketones is 1. The second-order valence-electron chi connectivity index (χ2n) is 2.51. The van der Waals surface area contributed by atoms with Gasteiger partial charge in [-0.05, 0) is 15.9 Å². The van der Waals surface area contributed by atoms with Crippen molar-refractivity contribution in [2.45, 2.75) is 12.5 Å². The Hall–Kier alpha value is -0.630. The Bertz CT molecular complexity index is 353. The summed E-state index contributed by atoms with van der Waals surface area (Å²) in [6.45, 7) is 0. The van der Waals surface area contributed by atoms with Gasteiger partial charge in [-0.3, -0.25) is 4.79 Å². The van der Waals surface area contributed by atoms with Crippen LogP contribution < -0.4 is 5.73 Å². The van der Waals surface area contributed by atoms with Crippen molar-refractivity contribution in [1.82, 2.24) is 0 Å². The molecule has 1 atom stereocenters. The molecule has 0 aliphatic heterocycles. The summed E-state index contributed by atoms with van der Waals surface area (Å²) in [6.07, 6.45) is 5.35. The predicted molar refractivity (Wildman–Crippen MR) is 57.8 cm³/mol. The topological polar surface area (TPSA) is 43.1 Å². The van der Waals surface area contributed by atoms with Crippen LogP contribution in [0.15, 0.2) is 15.2 Å². The summed E-state index contributed by atoms with van der Waals surface area (Å²) in [6, 6.07) is -0.587. The van der Waals surface area contributed by atoms with Crippen molar-refractivity contribution in [3.05, 3.63) is 20.8 Å². The zero-order valence-electron chi connectivity index (χ0n) is 6.79. The van der Waals surface area contributed by atoms with E-state index in [0.29, 0.717) is 5.56 Å². The van der Waals surface area contributed by atoms with Crippen LogP contribution in [0.3, 0.4) is 0 Å². The summed E-state index contributed by atoms with van der Waals surface area (Å²) < 4.78 is 0.787. The molecule has 1 aromatic heterocycles. The fourth-order valence-corrected chi connectivity index (χ4v) is 2.36. The molecule has 4 heteroatoms. The lowest BCUT2D eigenvalue weighted by Gasteiger charge is -2.05. The van der Waals surface area contributed by atoms with Crippen LogP contribution in [0.2, 0.25) is 0 Å². The summed E-state index contributed by atoms with van der Waals surface area (Å²) in [4.78, 5) is 11.6. The number of hydrogen-bond acceptors (Lipinski definition) is 3. The third-order valence-corrected chi connectivity index (χ3v) is 3.26. The van der Waals surface area contributed by atoms with Gasteiger partial charge in [-0.2, -0.15) is 11.3 Å². The average Bonchev–Trinajstić information content (AvgIpc) is 2.50. The molecule has 1 aromatic rings. The lowest BCUT2D eigenvalue weighted by Crippen LogP contribution is -2.29. The van der Waals surface area contributed by atoms with Crippen molar-refractivity contribution in [2.24, 2.45) is 5.73 Å². The normalized spacial score (nSPS) is 12.1. The van der Waals surface area contributed by atoms with Crippen LogP contribution in [0.25, 0.3) is 0 Å². The maximum atomic E-state index is 11.6. The van der Waals surface area contributed by atoms with Crippen LogP contribution in [-0.2, 0) is 0 Å². The fraction of sp³-hybridized carbons (Fsp3) is 0.222. The summed E-state index contributed by atoms with van der Waals surface area (Å²) in [7, 11) is 0. The van der Waals surface area contributed by atoms with Gasteiger partial charge in [0.2, 0.25) is 0 Å². The second kappa shape index (κ2) is 4.56. The minimum Gasteiger partial charge on any atom is -0.320 e. The van der Waals surface area contributed by atoms with Crippen molar-refractivity contribution in [1.29, 1.82) is 0 Å². The third kappa shape index (κ3) is 2.41. The minimum absolute atomic E-state index is 0.105. The van der Waals surface area contributed by atoms with E-state index in [4.69, 9.17) is 12.2 Å². The minimum atomic E-state index is -0.587. The molecule has 68 valence electrons. The van der Waals surface area contributed by atoms with Crippen molar-refractivity contribution < 1.29 is 4.79 Å². The molecule has 2 nitrogen and oxygen atoms in total. The molecule has 0 aliphatic carbocycles. The number of carbonyl (C=O) groups is 1. The SMILES string of the molecule is C#CCC(N)C(=O)c1cscc1Br. The first kappa shape index (κ1) is 10.5. The molecule has 0 fully saturated rings. The number of rotatable bonds is 3. The van der Waals surface area contributed by atoms with Gasteiger partial charge in [0.25, 0.3) is 0 Å². The molecule has 2 N–H and O–H groups in total. The first-order chi connectivity index (χ1) is 6.16. The monoisotopic (exact) mass is 257 g/mol. The standard InChI is InChI=1S/C9H8BrNOS/c1-2-3-8(11)9(12)6-4-13-5-7(6)10/h1,4-5,8H,3,11H2. The Balaban J connectivity index is 2.81. The smallest absolute Gasteiger partial charge is 0.182 e. The van der Waals surface area contributed by atoms with Crippen molar-refractivity contribution in [3.63, 3.8) is 0 Å². The summed E-state index contributed by atoms with van der Waals surface area (Å²) in [5.41, 5.74) is 6.20. The molecule has 1 unspecified atom stereocenters. The van der Waals surface area contributed by atoms with Gasteiger partial charge in [-0.15, -0.1) is 12.3 Å². The van der Waals surface area contributed by atoms with Crippen LogP contribution in [0.4, 0.5) is 0 Å². The van der Waals surface area contributed by atoms with E-state index in [1.165, 1.54) is 11.3 Å². The Kier molecular flexibility index (Phi) is 3.67. The number of halogens is 1. The van der Waals surface area contributed by atoms with Crippen molar-refractivity contribution in [2.75, 3.05) is 0 Å². The number of Topliss-reactive ketones (excluding diaryl/α,β-unsaturated/α-hetero) is 1. The highest BCUT2D eigenvalue weighted by Gasteiger charge is 2.17. The van der Waals surface area contributed by atoms with Crippen LogP contribution in [-0.4, -0.2) is 11.8 Å². The maximum Gasteiger partial charge on any atom is 0.182 e. The molecule has 1 heterocycles. The average molecular weight is 258 g/mol. The number of hydrogen-bond donors (Lipinski definition) is 1. The van der Waals surface area contributed by atoms with E-state index >= 15 is 0 Å². The quantitative estimate of drug-likeness (QED) is 0.666. The molecular weight excluding hydrogens is 250 g/mol. The first-order valence-electron chi connectivity index (χ1n) is 3.61. The van der Waals surface area contributed by atoms with Gasteiger partial charge >= 0.3 is 0 Å². The number of carbonyl (C=O) groups excluding carboxylic acids is 1. The van der Waals surface area contributed by atoms with E-state index in [0.717, 1.165) is 4.47 Å². The maximum absolute atomic E-state index is 11.6. The number of nitrogens with two attached hydrogens (primary N) is 1. The molecule has 0 spiro atoms. The Labute approximate surface area is 89.3 Å². The van der Waals surface area contributed by atoms with E-state index in [1.54, 1.807) is 5.38 Å². The Morgan fingerprint density at radius 2 is 2.46 bits per heavy atom. The van der Waals surface area contributed by atoms with E-state index in [1.807, 2.05) is 5.38 Å². The highest BCUT2D eigenvalue weighted by molar-refractivity contribution is 9.10. The molecule has 0 bridgehead atoms. The molecule has 0 saturated carbocycles. The lowest BCUT2D eigenvalue weighted by molar-refractivity contribution is 0.0962. The zero-order chi connectivity index (χ0) is 9.84. The summed E-state index contributed by atoms with van der Waals surface area (Å²) >= 11 is 4.72. The molecule has 0 aliphatic rings. The summed E-state index contributed by atoms with van der Waals surface area (Å²) in [5, 5.41) is 3.61. The highest BCUT2D eigenvalue weighted by Crippen LogP contribution is 2.22. The van der Waals surface area contributed by atoms with Gasteiger partial charge < -0.3 is 5.73 Å². The largest absolute Gasteiger partial charge is 0.320 e. The molecular formula is C9H8BrNOS. The molecule has 0 amide bonds. The van der Waals surface area contributed by atoms with Gasteiger partial charge in [-0.1, -0.05) is 0 Å². The molecule has 1 rings (SSSR count). The van der Waals surface area contributed by atoms with E-state index < -0.39 is 6.04 Å². The van der Waals surface area contributed by atoms with Crippen LogP contribution in [0.5, 0.6) is 0 Å². The number of thiophene rings is 1. The van der Waals surface area contributed by atoms with Gasteiger partial charge in [0.15, 0.2) is 5.78 Å². The Morgan fingerprint density at radius 3 is 2.92 bits per heavy atom. The second-order valence-corrected chi connectivity index (χ2v) is 4.11. The number of terminal acetylenes is 1. The fourth-order valence-electron chi connectivity index (χ4n) is 0.877. The van der Waals surface area contributed by atoms with Gasteiger partial charge in [0.1, 0.15) is 0 Å². The first-order valence-corrected chi connectivity index (χ1v) is 5.35. The zero-order valence-corrected chi connectivity index (χ0v) is 9.19. The molecule has 0 radical (unpaired) electrons. The van der Waals surface area contributed by atoms with Gasteiger partial charge in [0.05, 0.1) is 6.04 Å². The van der Waals surface area contributed by atoms with Crippen LogP contribution in [0, 0.1) is 12.3 Å². The highest BCUT2D eigenvalue weighted by atomic mass is 79.9. The third-order valence-electron chi connectivity index (χ3n) is 1.55. The van der Waals surface area contributed by atoms with Gasteiger partial charge in [0, 0.05) is 27.2 Å². The van der Waals surface area contributed by atoms with Crippen molar-refractivity contribution >= 4 is 33.0 Å². The van der Waals surface area contributed by atoms with E-state index in [2.05, 4.69) is 21.9 Å². The molecule has 0 saturated heterocycles. The van der Waals surface area contributed by atoms with Gasteiger partial charge in [-0.25, -0.2) is 0 Å². The summed E-state index contributed by atoms with van der Waals surface area (Å²) in [5.74, 6) is 2.27. The van der Waals surface area contributed by atoms with E-state index in [-0.39, 0.29) is 12.2 Å².